The Hall–Kier alpha value is -2.40. The largest absolute Gasteiger partial charge is 0.497 e. The van der Waals surface area contributed by atoms with Crippen molar-refractivity contribution in [1.82, 2.24) is 0 Å². The minimum atomic E-state index is -0.110. The molecule has 22 heavy (non-hydrogen) atoms. The predicted molar refractivity (Wildman–Crippen MR) is 88.5 cm³/mol. The number of methoxy groups -OCH3 is 2. The van der Waals surface area contributed by atoms with Gasteiger partial charge in [0.05, 0.1) is 24.8 Å². The first kappa shape index (κ1) is 14.5. The van der Waals surface area contributed by atoms with E-state index in [0.717, 1.165) is 16.1 Å². The van der Waals surface area contributed by atoms with Gasteiger partial charge in [-0.25, -0.2) is 0 Å². The highest BCUT2D eigenvalue weighted by atomic mass is 32.2. The lowest BCUT2D eigenvalue weighted by Gasteiger charge is -2.18. The van der Waals surface area contributed by atoms with Gasteiger partial charge < -0.3 is 14.8 Å². The van der Waals surface area contributed by atoms with Crippen LogP contribution in [0.2, 0.25) is 0 Å². The molecule has 0 saturated heterocycles. The van der Waals surface area contributed by atoms with Gasteiger partial charge >= 0.3 is 0 Å². The van der Waals surface area contributed by atoms with Gasteiger partial charge in [-0.05, 0) is 30.3 Å². The third kappa shape index (κ3) is 2.80. The molecule has 0 spiro atoms. The molecular formula is C17H15NO3S. The molecule has 1 heterocycles. The van der Waals surface area contributed by atoms with E-state index in [9.17, 15) is 4.79 Å². The smallest absolute Gasteiger partial charge is 0.262 e. The zero-order valence-electron chi connectivity index (χ0n) is 12.3. The molecule has 0 fully saturated rings. The fraction of sp³-hybridized carbons (Fsp3) is 0.118. The molecule has 0 unspecified atom stereocenters. The van der Waals surface area contributed by atoms with Gasteiger partial charge in [0.1, 0.15) is 11.5 Å². The average molecular weight is 313 g/mol. The lowest BCUT2D eigenvalue weighted by Crippen LogP contribution is -2.17. The van der Waals surface area contributed by atoms with E-state index in [4.69, 9.17) is 9.47 Å². The zero-order valence-corrected chi connectivity index (χ0v) is 13.1. The zero-order chi connectivity index (χ0) is 15.5. The summed E-state index contributed by atoms with van der Waals surface area (Å²) in [6, 6.07) is 13.2. The van der Waals surface area contributed by atoms with Crippen LogP contribution in [-0.4, -0.2) is 20.1 Å². The standard InChI is InChI=1S/C17H15NO3S/c1-20-12-8-7-11(14(10-12)21-2)9-16-17(19)18-13-5-3-4-6-15(13)22-16/h3-10H,1-2H3,(H,18,19)/b16-9-. The van der Waals surface area contributed by atoms with E-state index < -0.39 is 0 Å². The molecule has 0 radical (unpaired) electrons. The van der Waals surface area contributed by atoms with Crippen molar-refractivity contribution in [2.45, 2.75) is 4.90 Å². The maximum atomic E-state index is 12.2. The number of carbonyl (C=O) groups excluding carboxylic acids is 1. The van der Waals surface area contributed by atoms with Gasteiger partial charge in [0.25, 0.3) is 5.91 Å². The van der Waals surface area contributed by atoms with Crippen molar-refractivity contribution in [2.24, 2.45) is 0 Å². The molecule has 0 aromatic heterocycles. The van der Waals surface area contributed by atoms with E-state index >= 15 is 0 Å². The molecule has 0 saturated carbocycles. The van der Waals surface area contributed by atoms with Crippen LogP contribution in [0.1, 0.15) is 5.56 Å². The van der Waals surface area contributed by atoms with E-state index in [1.807, 2.05) is 42.5 Å². The first-order valence-corrected chi connectivity index (χ1v) is 7.55. The van der Waals surface area contributed by atoms with E-state index in [1.165, 1.54) is 11.8 Å². The van der Waals surface area contributed by atoms with Crippen LogP contribution in [-0.2, 0) is 4.79 Å². The maximum Gasteiger partial charge on any atom is 0.262 e. The third-order valence-corrected chi connectivity index (χ3v) is 4.41. The van der Waals surface area contributed by atoms with Gasteiger partial charge in [-0.2, -0.15) is 0 Å². The first-order valence-electron chi connectivity index (χ1n) is 6.73. The van der Waals surface area contributed by atoms with Gasteiger partial charge in [0.15, 0.2) is 0 Å². The number of rotatable bonds is 3. The van der Waals surface area contributed by atoms with Crippen LogP contribution >= 0.6 is 11.8 Å². The molecule has 1 aliphatic heterocycles. The van der Waals surface area contributed by atoms with Crippen LogP contribution < -0.4 is 14.8 Å². The predicted octanol–water partition coefficient (Wildman–Crippen LogP) is 3.79. The topological polar surface area (TPSA) is 47.6 Å². The molecular weight excluding hydrogens is 298 g/mol. The second kappa shape index (κ2) is 6.15. The van der Waals surface area contributed by atoms with Gasteiger partial charge in [0, 0.05) is 16.5 Å². The van der Waals surface area contributed by atoms with Crippen LogP contribution in [0.15, 0.2) is 52.3 Å². The number of carbonyl (C=O) groups is 1. The third-order valence-electron chi connectivity index (χ3n) is 3.31. The molecule has 2 aromatic carbocycles. The minimum absolute atomic E-state index is 0.110. The summed E-state index contributed by atoms with van der Waals surface area (Å²) >= 11 is 1.45. The Morgan fingerprint density at radius 2 is 1.91 bits per heavy atom. The lowest BCUT2D eigenvalue weighted by molar-refractivity contribution is -0.112. The lowest BCUT2D eigenvalue weighted by atomic mass is 10.1. The minimum Gasteiger partial charge on any atom is -0.497 e. The summed E-state index contributed by atoms with van der Waals surface area (Å²) < 4.78 is 10.6. The summed E-state index contributed by atoms with van der Waals surface area (Å²) in [4.78, 5) is 13.9. The quantitative estimate of drug-likeness (QED) is 0.876. The van der Waals surface area contributed by atoms with E-state index in [0.29, 0.717) is 16.4 Å². The molecule has 0 aliphatic carbocycles. The maximum absolute atomic E-state index is 12.2. The van der Waals surface area contributed by atoms with E-state index in [2.05, 4.69) is 5.32 Å². The molecule has 0 bridgehead atoms. The van der Waals surface area contributed by atoms with Crippen molar-refractivity contribution in [3.05, 3.63) is 52.9 Å². The molecule has 2 aromatic rings. The monoisotopic (exact) mass is 313 g/mol. The van der Waals surface area contributed by atoms with E-state index in [1.54, 1.807) is 20.3 Å². The second-order valence-corrected chi connectivity index (χ2v) is 5.75. The number of amides is 1. The Balaban J connectivity index is 1.97. The Kier molecular flexibility index (Phi) is 4.06. The number of ether oxygens (including phenoxy) is 2. The molecule has 0 atom stereocenters. The van der Waals surface area contributed by atoms with Crippen LogP contribution in [0.3, 0.4) is 0 Å². The van der Waals surface area contributed by atoms with Crippen molar-refractivity contribution in [2.75, 3.05) is 19.5 Å². The number of nitrogens with one attached hydrogen (secondary N) is 1. The Morgan fingerprint density at radius 3 is 2.68 bits per heavy atom. The molecule has 112 valence electrons. The highest BCUT2D eigenvalue weighted by molar-refractivity contribution is 8.04. The van der Waals surface area contributed by atoms with Crippen LogP contribution in [0.4, 0.5) is 5.69 Å². The number of benzene rings is 2. The van der Waals surface area contributed by atoms with Crippen molar-refractivity contribution in [3.63, 3.8) is 0 Å². The summed E-state index contributed by atoms with van der Waals surface area (Å²) in [6.45, 7) is 0. The van der Waals surface area contributed by atoms with Gasteiger partial charge in [0.2, 0.25) is 0 Å². The number of fused-ring (bicyclic) bond motifs is 1. The summed E-state index contributed by atoms with van der Waals surface area (Å²) in [6.07, 6.45) is 1.83. The molecule has 1 amide bonds. The highest BCUT2D eigenvalue weighted by Gasteiger charge is 2.21. The number of para-hydroxylation sites is 1. The number of anilines is 1. The fourth-order valence-corrected chi connectivity index (χ4v) is 3.12. The number of hydrogen-bond acceptors (Lipinski definition) is 4. The Labute approximate surface area is 133 Å². The average Bonchev–Trinajstić information content (AvgIpc) is 2.55. The van der Waals surface area contributed by atoms with Gasteiger partial charge in [-0.1, -0.05) is 23.9 Å². The number of thioether (sulfide) groups is 1. The van der Waals surface area contributed by atoms with Gasteiger partial charge in [-0.15, -0.1) is 0 Å². The van der Waals surface area contributed by atoms with Crippen LogP contribution in [0, 0.1) is 0 Å². The summed E-state index contributed by atoms with van der Waals surface area (Å²) in [5.74, 6) is 1.27. The van der Waals surface area contributed by atoms with E-state index in [-0.39, 0.29) is 5.91 Å². The Bertz CT molecular complexity index is 755. The highest BCUT2D eigenvalue weighted by Crippen LogP contribution is 2.39. The molecule has 1 N–H and O–H groups in total. The van der Waals surface area contributed by atoms with Crippen molar-refractivity contribution in [1.29, 1.82) is 0 Å². The summed E-state index contributed by atoms with van der Waals surface area (Å²) in [7, 11) is 3.20. The van der Waals surface area contributed by atoms with Crippen molar-refractivity contribution in [3.8, 4) is 11.5 Å². The van der Waals surface area contributed by atoms with Crippen molar-refractivity contribution < 1.29 is 14.3 Å². The normalized spacial score (nSPS) is 15.2. The molecule has 4 nitrogen and oxygen atoms in total. The SMILES string of the molecule is COc1ccc(/C=C2\Sc3ccccc3NC2=O)c(OC)c1. The molecule has 3 rings (SSSR count). The Morgan fingerprint density at radius 1 is 1.09 bits per heavy atom. The van der Waals surface area contributed by atoms with Crippen LogP contribution in [0.25, 0.3) is 6.08 Å². The second-order valence-electron chi connectivity index (χ2n) is 4.67. The first-order chi connectivity index (χ1) is 10.7. The summed E-state index contributed by atoms with van der Waals surface area (Å²) in [5.41, 5.74) is 1.68. The van der Waals surface area contributed by atoms with Crippen molar-refractivity contribution >= 4 is 29.4 Å². The number of hydrogen-bond donors (Lipinski definition) is 1. The molecule has 1 aliphatic rings. The molecule has 5 heteroatoms. The fourth-order valence-electron chi connectivity index (χ4n) is 2.18. The summed E-state index contributed by atoms with van der Waals surface area (Å²) in [5, 5.41) is 2.90. The van der Waals surface area contributed by atoms with Crippen LogP contribution in [0.5, 0.6) is 11.5 Å². The van der Waals surface area contributed by atoms with Gasteiger partial charge in [-0.3, -0.25) is 4.79 Å².